The second-order valence-electron chi connectivity index (χ2n) is 13.1. The normalized spacial score (nSPS) is 29.9. The fourth-order valence-electron chi connectivity index (χ4n) is 7.99. The Morgan fingerprint density at radius 2 is 1.56 bits per heavy atom. The number of fused-ring (bicyclic) bond motifs is 2. The van der Waals surface area contributed by atoms with Gasteiger partial charge in [0.05, 0.1) is 36.7 Å². The number of likely N-dealkylation sites (tertiary alicyclic amines) is 1. The topological polar surface area (TPSA) is 99.6 Å². The number of nitrogens with zero attached hydrogens (tertiary/aromatic N) is 3. The van der Waals surface area contributed by atoms with Gasteiger partial charge < -0.3 is 29.3 Å². The van der Waals surface area contributed by atoms with Crippen molar-refractivity contribution >= 4 is 29.1 Å². The molecule has 4 aliphatic rings. The van der Waals surface area contributed by atoms with Gasteiger partial charge in [-0.25, -0.2) is 0 Å². The van der Waals surface area contributed by atoms with Crippen LogP contribution in [0.1, 0.15) is 38.8 Å². The molecular formula is C36H43N3O6. The van der Waals surface area contributed by atoms with Gasteiger partial charge in [0.15, 0.2) is 0 Å². The molecular weight excluding hydrogens is 570 g/mol. The number of aliphatic hydroxyl groups excluding tert-OH is 1. The van der Waals surface area contributed by atoms with Gasteiger partial charge in [0.2, 0.25) is 11.8 Å². The van der Waals surface area contributed by atoms with Gasteiger partial charge in [-0.15, -0.1) is 0 Å². The monoisotopic (exact) mass is 613 g/mol. The summed E-state index contributed by atoms with van der Waals surface area (Å²) in [7, 11) is 0. The lowest BCUT2D eigenvalue weighted by Crippen LogP contribution is -2.60. The van der Waals surface area contributed by atoms with E-state index >= 15 is 0 Å². The second-order valence-corrected chi connectivity index (χ2v) is 13.1. The van der Waals surface area contributed by atoms with E-state index in [1.165, 1.54) is 4.90 Å². The number of amides is 3. The zero-order valence-electron chi connectivity index (χ0n) is 26.9. The first-order valence-corrected chi connectivity index (χ1v) is 15.9. The molecule has 1 N–H and O–H groups in total. The van der Waals surface area contributed by atoms with Crippen molar-refractivity contribution in [1.29, 1.82) is 0 Å². The van der Waals surface area contributed by atoms with Crippen LogP contribution in [0, 0.1) is 31.6 Å². The van der Waals surface area contributed by atoms with E-state index in [4.69, 9.17) is 9.47 Å². The Morgan fingerprint density at radius 1 is 0.911 bits per heavy atom. The number of aryl methyl sites for hydroxylation is 2. The predicted octanol–water partition coefficient (Wildman–Crippen LogP) is 4.20. The van der Waals surface area contributed by atoms with Crippen LogP contribution in [-0.4, -0.2) is 77.3 Å². The summed E-state index contributed by atoms with van der Waals surface area (Å²) in [5.74, 6) is -2.21. The Bertz CT molecular complexity index is 1550. The van der Waals surface area contributed by atoms with Crippen LogP contribution >= 0.6 is 0 Å². The van der Waals surface area contributed by atoms with Gasteiger partial charge in [-0.1, -0.05) is 56.4 Å². The molecule has 6 atom stereocenters. The van der Waals surface area contributed by atoms with Gasteiger partial charge in [0, 0.05) is 24.5 Å². The molecule has 0 saturated carbocycles. The van der Waals surface area contributed by atoms with E-state index in [0.29, 0.717) is 24.6 Å². The number of para-hydroxylation sites is 1. The molecule has 0 aromatic heterocycles. The summed E-state index contributed by atoms with van der Waals surface area (Å²) < 4.78 is 12.6. The minimum absolute atomic E-state index is 0.153. The molecule has 0 radical (unpaired) electrons. The Morgan fingerprint density at radius 3 is 2.18 bits per heavy atom. The third kappa shape index (κ3) is 4.70. The quantitative estimate of drug-likeness (QED) is 0.470. The molecule has 2 aromatic rings. The summed E-state index contributed by atoms with van der Waals surface area (Å²) in [6.07, 6.45) is 7.52. The highest BCUT2D eigenvalue weighted by Crippen LogP contribution is 2.58. The van der Waals surface area contributed by atoms with Crippen molar-refractivity contribution in [3.8, 4) is 5.75 Å². The van der Waals surface area contributed by atoms with Gasteiger partial charge in [-0.05, 0) is 69.0 Å². The molecule has 9 heteroatoms. The van der Waals surface area contributed by atoms with Crippen LogP contribution in [0.4, 0.5) is 11.4 Å². The summed E-state index contributed by atoms with van der Waals surface area (Å²) in [4.78, 5) is 49.3. The van der Waals surface area contributed by atoms with Gasteiger partial charge >= 0.3 is 0 Å². The number of rotatable bonds is 7. The average Bonchev–Trinajstić information content (AvgIpc) is 3.26. The molecule has 1 spiro atoms. The molecule has 4 aliphatic heterocycles. The van der Waals surface area contributed by atoms with Crippen molar-refractivity contribution in [2.75, 3.05) is 36.1 Å². The lowest BCUT2D eigenvalue weighted by atomic mass is 9.74. The van der Waals surface area contributed by atoms with Crippen LogP contribution < -0.4 is 14.5 Å². The van der Waals surface area contributed by atoms with Crippen LogP contribution in [0.5, 0.6) is 5.75 Å². The fourth-order valence-corrected chi connectivity index (χ4v) is 7.99. The number of hydrogen-bond acceptors (Lipinski definition) is 6. The van der Waals surface area contributed by atoms with Crippen molar-refractivity contribution in [3.63, 3.8) is 0 Å². The third-order valence-electron chi connectivity index (χ3n) is 9.98. The Hall–Kier alpha value is -3.95. The maximum atomic E-state index is 14.9. The highest BCUT2D eigenvalue weighted by molar-refractivity contribution is 6.08. The molecule has 2 aromatic carbocycles. The number of carbonyl (C=O) groups excluding carboxylic acids is 3. The van der Waals surface area contributed by atoms with Crippen LogP contribution in [-0.2, 0) is 19.1 Å². The minimum Gasteiger partial charge on any atom is -0.494 e. The molecule has 9 nitrogen and oxygen atoms in total. The van der Waals surface area contributed by atoms with Crippen LogP contribution in [0.15, 0.2) is 66.8 Å². The van der Waals surface area contributed by atoms with Gasteiger partial charge in [0.25, 0.3) is 5.91 Å². The lowest BCUT2D eigenvalue weighted by Gasteiger charge is -2.41. The van der Waals surface area contributed by atoms with Crippen molar-refractivity contribution in [2.45, 2.75) is 64.8 Å². The SMILES string of the molecule is CCOc1ccc(N2CC=C[C@]3(C)O[C@]45C=CCN(c6c(C)cccc6C)C(=O)C4N([C@@H](CO)C(C)C)C(=O)[C@@H]5[C@@H]3C2=O)cc1. The molecule has 3 amide bonds. The first kappa shape index (κ1) is 31.0. The van der Waals surface area contributed by atoms with E-state index in [0.717, 1.165) is 16.8 Å². The Kier molecular flexibility index (Phi) is 7.90. The highest BCUT2D eigenvalue weighted by atomic mass is 16.5. The summed E-state index contributed by atoms with van der Waals surface area (Å²) in [5, 5.41) is 10.6. The first-order valence-electron chi connectivity index (χ1n) is 15.9. The minimum atomic E-state index is -1.41. The number of benzene rings is 2. The summed E-state index contributed by atoms with van der Waals surface area (Å²) in [6.45, 7) is 12.3. The molecule has 4 heterocycles. The van der Waals surface area contributed by atoms with E-state index in [9.17, 15) is 19.5 Å². The van der Waals surface area contributed by atoms with Crippen LogP contribution in [0.2, 0.25) is 0 Å². The highest BCUT2D eigenvalue weighted by Gasteiger charge is 2.75. The summed E-state index contributed by atoms with van der Waals surface area (Å²) >= 11 is 0. The molecule has 2 saturated heterocycles. The van der Waals surface area contributed by atoms with Crippen molar-refractivity contribution in [1.82, 2.24) is 4.90 Å². The molecule has 238 valence electrons. The molecule has 2 fully saturated rings. The lowest BCUT2D eigenvalue weighted by molar-refractivity contribution is -0.149. The average molecular weight is 614 g/mol. The van der Waals surface area contributed by atoms with E-state index in [1.807, 2.05) is 108 Å². The number of ether oxygens (including phenoxy) is 2. The molecule has 6 rings (SSSR count). The first-order chi connectivity index (χ1) is 21.5. The van der Waals surface area contributed by atoms with Crippen LogP contribution in [0.25, 0.3) is 0 Å². The Labute approximate surface area is 265 Å². The van der Waals surface area contributed by atoms with Gasteiger partial charge in [-0.3, -0.25) is 14.4 Å². The van der Waals surface area contributed by atoms with Crippen molar-refractivity contribution in [2.24, 2.45) is 17.8 Å². The van der Waals surface area contributed by atoms with E-state index in [1.54, 1.807) is 9.80 Å². The molecule has 0 bridgehead atoms. The Balaban J connectivity index is 1.49. The summed E-state index contributed by atoms with van der Waals surface area (Å²) in [5.41, 5.74) is 0.797. The molecule has 45 heavy (non-hydrogen) atoms. The van der Waals surface area contributed by atoms with Crippen LogP contribution in [0.3, 0.4) is 0 Å². The maximum absolute atomic E-state index is 14.9. The van der Waals surface area contributed by atoms with Gasteiger partial charge in [0.1, 0.15) is 17.4 Å². The number of hydrogen-bond donors (Lipinski definition) is 1. The number of aliphatic hydroxyl groups is 1. The smallest absolute Gasteiger partial charge is 0.253 e. The standard InChI is InChI=1S/C36H43N3O6/c1-7-44-26-15-13-25(14-16-26)37-19-9-17-35(6)28(32(37)41)29-33(42)39(27(21-40)22(2)3)31-34(43)38(20-10-18-36(29,31)45-35)30-23(4)11-8-12-24(30)5/h8-18,22,27-29,31,40H,7,19-21H2,1-6H3/t27-,28+,29-,31?,35-,36-/m0/s1. The van der Waals surface area contributed by atoms with E-state index in [2.05, 4.69) is 0 Å². The maximum Gasteiger partial charge on any atom is 0.253 e. The zero-order chi connectivity index (χ0) is 32.3. The van der Waals surface area contributed by atoms with E-state index < -0.39 is 35.1 Å². The van der Waals surface area contributed by atoms with Crippen molar-refractivity contribution < 1.29 is 29.0 Å². The second kappa shape index (κ2) is 11.4. The zero-order valence-corrected chi connectivity index (χ0v) is 26.9. The van der Waals surface area contributed by atoms with Crippen molar-refractivity contribution in [3.05, 3.63) is 77.9 Å². The molecule has 1 unspecified atom stereocenters. The van der Waals surface area contributed by atoms with E-state index in [-0.39, 0.29) is 36.8 Å². The molecule has 0 aliphatic carbocycles. The largest absolute Gasteiger partial charge is 0.494 e. The number of anilines is 2. The van der Waals surface area contributed by atoms with Gasteiger partial charge in [-0.2, -0.15) is 0 Å². The predicted molar refractivity (Wildman–Crippen MR) is 172 cm³/mol. The number of carbonyl (C=O) groups is 3. The fraction of sp³-hybridized carbons (Fsp3) is 0.472. The third-order valence-corrected chi connectivity index (χ3v) is 9.98. The summed E-state index contributed by atoms with van der Waals surface area (Å²) in [6, 6.07) is 11.5.